The van der Waals surface area contributed by atoms with Crippen molar-refractivity contribution in [2.75, 3.05) is 13.7 Å². The van der Waals surface area contributed by atoms with Crippen molar-refractivity contribution in [3.8, 4) is 11.8 Å². The van der Waals surface area contributed by atoms with E-state index in [2.05, 4.69) is 46.3 Å². The number of thiazole rings is 1. The molecule has 2 aromatic rings. The standard InChI is InChI=1S/C16H18N2OS/c1-13-17-16(12-20-13)11-18(2)10-15-6-3-5-14(9-15)7-4-8-19/h3,5-6,9,12,19H,8,10-11H2,1-2H3. The number of aryl methyl sites for hydroxylation is 1. The second-order valence-corrected chi connectivity index (χ2v) is 5.75. The summed E-state index contributed by atoms with van der Waals surface area (Å²) in [4.78, 5) is 6.71. The van der Waals surface area contributed by atoms with E-state index in [1.54, 1.807) is 11.3 Å². The summed E-state index contributed by atoms with van der Waals surface area (Å²) in [7, 11) is 2.08. The third-order valence-corrected chi connectivity index (χ3v) is 3.61. The van der Waals surface area contributed by atoms with Crippen LogP contribution in [0.25, 0.3) is 0 Å². The van der Waals surface area contributed by atoms with Crippen LogP contribution in [0.1, 0.15) is 21.8 Å². The average molecular weight is 286 g/mol. The number of aromatic nitrogens is 1. The van der Waals surface area contributed by atoms with Crippen molar-refractivity contribution >= 4 is 11.3 Å². The first-order valence-corrected chi connectivity index (χ1v) is 7.33. The average Bonchev–Trinajstić information content (AvgIpc) is 2.82. The molecule has 3 nitrogen and oxygen atoms in total. The SMILES string of the molecule is Cc1nc(CN(C)Cc2cccc(C#CCO)c2)cs1. The fourth-order valence-electron chi connectivity index (χ4n) is 2.01. The molecule has 0 atom stereocenters. The van der Waals surface area contributed by atoms with E-state index < -0.39 is 0 Å². The van der Waals surface area contributed by atoms with E-state index in [0.29, 0.717) is 0 Å². The molecule has 0 amide bonds. The Morgan fingerprint density at radius 2 is 2.20 bits per heavy atom. The molecule has 0 fully saturated rings. The van der Waals surface area contributed by atoms with Gasteiger partial charge in [-0.25, -0.2) is 4.98 Å². The summed E-state index contributed by atoms with van der Waals surface area (Å²) in [6, 6.07) is 8.10. The molecular formula is C16H18N2OS. The molecule has 104 valence electrons. The van der Waals surface area contributed by atoms with Crippen LogP contribution in [0.5, 0.6) is 0 Å². The Hall–Kier alpha value is -1.67. The fraction of sp³-hybridized carbons (Fsp3) is 0.312. The molecule has 0 radical (unpaired) electrons. The third kappa shape index (κ3) is 4.46. The van der Waals surface area contributed by atoms with E-state index in [-0.39, 0.29) is 6.61 Å². The lowest BCUT2D eigenvalue weighted by Crippen LogP contribution is -2.17. The normalized spacial score (nSPS) is 10.4. The summed E-state index contributed by atoms with van der Waals surface area (Å²) in [6.45, 7) is 3.62. The van der Waals surface area contributed by atoms with E-state index in [1.165, 1.54) is 5.56 Å². The first kappa shape index (κ1) is 14.7. The van der Waals surface area contributed by atoms with Crippen LogP contribution in [0.15, 0.2) is 29.6 Å². The van der Waals surface area contributed by atoms with Crippen molar-refractivity contribution in [2.45, 2.75) is 20.0 Å². The minimum Gasteiger partial charge on any atom is -0.384 e. The maximum atomic E-state index is 8.72. The Balaban J connectivity index is 1.98. The van der Waals surface area contributed by atoms with Crippen molar-refractivity contribution in [1.29, 1.82) is 0 Å². The van der Waals surface area contributed by atoms with E-state index in [9.17, 15) is 0 Å². The number of aliphatic hydroxyl groups excluding tert-OH is 1. The van der Waals surface area contributed by atoms with E-state index in [4.69, 9.17) is 5.11 Å². The first-order valence-electron chi connectivity index (χ1n) is 6.45. The van der Waals surface area contributed by atoms with Crippen molar-refractivity contribution in [1.82, 2.24) is 9.88 Å². The molecule has 4 heteroatoms. The highest BCUT2D eigenvalue weighted by atomic mass is 32.1. The molecule has 1 aromatic carbocycles. The van der Waals surface area contributed by atoms with E-state index in [0.717, 1.165) is 29.4 Å². The van der Waals surface area contributed by atoms with E-state index >= 15 is 0 Å². The number of nitrogens with zero attached hydrogens (tertiary/aromatic N) is 2. The molecule has 0 spiro atoms. The fourth-order valence-corrected chi connectivity index (χ4v) is 2.62. The Labute approximate surface area is 123 Å². The van der Waals surface area contributed by atoms with E-state index in [1.807, 2.05) is 19.1 Å². The minimum absolute atomic E-state index is 0.104. The second kappa shape index (κ2) is 7.20. The Morgan fingerprint density at radius 3 is 2.90 bits per heavy atom. The molecule has 0 bridgehead atoms. The molecule has 0 aliphatic rings. The van der Waals surface area contributed by atoms with Gasteiger partial charge < -0.3 is 5.11 Å². The smallest absolute Gasteiger partial charge is 0.104 e. The number of benzene rings is 1. The molecule has 0 unspecified atom stereocenters. The Kier molecular flexibility index (Phi) is 5.31. The van der Waals surface area contributed by atoms with Gasteiger partial charge in [-0.3, -0.25) is 4.90 Å². The van der Waals surface area contributed by atoms with Crippen LogP contribution < -0.4 is 0 Å². The van der Waals surface area contributed by atoms with Crippen molar-refractivity contribution in [3.05, 3.63) is 51.5 Å². The van der Waals surface area contributed by atoms with Crippen LogP contribution in [0, 0.1) is 18.8 Å². The van der Waals surface area contributed by atoms with Crippen LogP contribution in [0.3, 0.4) is 0 Å². The van der Waals surface area contributed by atoms with Gasteiger partial charge in [0.2, 0.25) is 0 Å². The monoisotopic (exact) mass is 286 g/mol. The van der Waals surface area contributed by atoms with Gasteiger partial charge in [0, 0.05) is 24.0 Å². The van der Waals surface area contributed by atoms with Gasteiger partial charge in [0.1, 0.15) is 6.61 Å². The molecule has 1 aromatic heterocycles. The summed E-state index contributed by atoms with van der Waals surface area (Å²) < 4.78 is 0. The zero-order chi connectivity index (χ0) is 14.4. The lowest BCUT2D eigenvalue weighted by atomic mass is 10.1. The molecular weight excluding hydrogens is 268 g/mol. The predicted octanol–water partition coefficient (Wildman–Crippen LogP) is 2.43. The van der Waals surface area contributed by atoms with Gasteiger partial charge in [-0.2, -0.15) is 0 Å². The predicted molar refractivity (Wildman–Crippen MR) is 82.4 cm³/mol. The largest absolute Gasteiger partial charge is 0.384 e. The minimum atomic E-state index is -0.104. The van der Waals surface area contributed by atoms with Crippen molar-refractivity contribution in [3.63, 3.8) is 0 Å². The number of hydrogen-bond acceptors (Lipinski definition) is 4. The lowest BCUT2D eigenvalue weighted by molar-refractivity contribution is 0.315. The van der Waals surface area contributed by atoms with Gasteiger partial charge in [-0.15, -0.1) is 11.3 Å². The molecule has 0 aliphatic heterocycles. The summed E-state index contributed by atoms with van der Waals surface area (Å²) in [5.74, 6) is 5.60. The maximum Gasteiger partial charge on any atom is 0.104 e. The maximum absolute atomic E-state index is 8.72. The van der Waals surface area contributed by atoms with Gasteiger partial charge >= 0.3 is 0 Å². The van der Waals surface area contributed by atoms with Crippen LogP contribution in [-0.4, -0.2) is 28.6 Å². The number of hydrogen-bond donors (Lipinski definition) is 1. The summed E-state index contributed by atoms with van der Waals surface area (Å²) in [5.41, 5.74) is 3.27. The summed E-state index contributed by atoms with van der Waals surface area (Å²) >= 11 is 1.68. The van der Waals surface area contributed by atoms with Crippen molar-refractivity contribution in [2.24, 2.45) is 0 Å². The van der Waals surface area contributed by atoms with Gasteiger partial charge in [0.25, 0.3) is 0 Å². The summed E-state index contributed by atoms with van der Waals surface area (Å²) in [5, 5.41) is 11.9. The lowest BCUT2D eigenvalue weighted by Gasteiger charge is -2.15. The van der Waals surface area contributed by atoms with Gasteiger partial charge in [0.15, 0.2) is 0 Å². The second-order valence-electron chi connectivity index (χ2n) is 4.69. The van der Waals surface area contributed by atoms with Gasteiger partial charge in [-0.1, -0.05) is 24.0 Å². The van der Waals surface area contributed by atoms with Gasteiger partial charge in [0.05, 0.1) is 10.7 Å². The molecule has 0 saturated heterocycles. The van der Waals surface area contributed by atoms with Crippen molar-refractivity contribution < 1.29 is 5.11 Å². The van der Waals surface area contributed by atoms with Crippen LogP contribution in [-0.2, 0) is 13.1 Å². The molecule has 0 aliphatic carbocycles. The highest BCUT2D eigenvalue weighted by Crippen LogP contribution is 2.12. The first-order chi connectivity index (χ1) is 9.67. The van der Waals surface area contributed by atoms with Crippen LogP contribution in [0.2, 0.25) is 0 Å². The summed E-state index contributed by atoms with van der Waals surface area (Å²) in [6.07, 6.45) is 0. The Morgan fingerprint density at radius 1 is 1.35 bits per heavy atom. The molecule has 1 N–H and O–H groups in total. The molecule has 0 saturated carbocycles. The number of rotatable bonds is 4. The highest BCUT2D eigenvalue weighted by Gasteiger charge is 2.04. The molecule has 20 heavy (non-hydrogen) atoms. The zero-order valence-electron chi connectivity index (χ0n) is 11.8. The van der Waals surface area contributed by atoms with Gasteiger partial charge in [-0.05, 0) is 31.7 Å². The Bertz CT molecular complexity index is 625. The van der Waals surface area contributed by atoms with Crippen LogP contribution >= 0.6 is 11.3 Å². The highest BCUT2D eigenvalue weighted by molar-refractivity contribution is 7.09. The molecule has 2 rings (SSSR count). The topological polar surface area (TPSA) is 36.4 Å². The zero-order valence-corrected chi connectivity index (χ0v) is 12.6. The quantitative estimate of drug-likeness (QED) is 0.877. The molecule has 1 heterocycles. The van der Waals surface area contributed by atoms with Crippen LogP contribution in [0.4, 0.5) is 0 Å². The third-order valence-electron chi connectivity index (χ3n) is 2.79. The number of aliphatic hydroxyl groups is 1.